The van der Waals surface area contributed by atoms with Gasteiger partial charge >= 0.3 is 6.09 Å². The Hall–Kier alpha value is -3.72. The minimum Gasteiger partial charge on any atom is -0.465 e. The molecule has 32 heavy (non-hydrogen) atoms. The van der Waals surface area contributed by atoms with Crippen LogP contribution in [0.4, 0.5) is 21.9 Å². The maximum atomic E-state index is 12.6. The van der Waals surface area contributed by atoms with Crippen LogP contribution in [0.15, 0.2) is 60.8 Å². The van der Waals surface area contributed by atoms with Crippen molar-refractivity contribution in [1.29, 1.82) is 0 Å². The lowest BCUT2D eigenvalue weighted by Gasteiger charge is -2.12. The van der Waals surface area contributed by atoms with E-state index in [0.717, 1.165) is 16.8 Å². The van der Waals surface area contributed by atoms with Gasteiger partial charge in [0.2, 0.25) is 5.91 Å². The number of hydrogen-bond acceptors (Lipinski definition) is 4. The number of alkyl halides is 1. The molecule has 3 amide bonds. The lowest BCUT2D eigenvalue weighted by Crippen LogP contribution is -2.15. The second-order valence-electron chi connectivity index (χ2n) is 6.88. The third-order valence-corrected chi connectivity index (χ3v) is 4.92. The summed E-state index contributed by atoms with van der Waals surface area (Å²) in [6, 6.07) is 15.3. The Kier molecular flexibility index (Phi) is 7.56. The minimum atomic E-state index is -1.22. The number of benzene rings is 2. The Labute approximate surface area is 193 Å². The Morgan fingerprint density at radius 3 is 2.22 bits per heavy atom. The molecule has 3 aromatic rings. The van der Waals surface area contributed by atoms with E-state index < -0.39 is 6.09 Å². The molecule has 1 aromatic heterocycles. The Morgan fingerprint density at radius 2 is 1.62 bits per heavy atom. The van der Waals surface area contributed by atoms with Gasteiger partial charge in [-0.05, 0) is 42.8 Å². The zero-order chi connectivity index (χ0) is 23.1. The van der Waals surface area contributed by atoms with Gasteiger partial charge in [0.25, 0.3) is 5.91 Å². The number of pyridine rings is 1. The van der Waals surface area contributed by atoms with Crippen molar-refractivity contribution >= 4 is 50.9 Å². The number of hydrogen-bond donors (Lipinski definition) is 4. The van der Waals surface area contributed by atoms with Gasteiger partial charge in [-0.2, -0.15) is 0 Å². The fourth-order valence-corrected chi connectivity index (χ4v) is 3.41. The van der Waals surface area contributed by atoms with Crippen LogP contribution in [-0.2, 0) is 4.79 Å². The van der Waals surface area contributed by atoms with Gasteiger partial charge in [0.05, 0.1) is 29.0 Å². The summed E-state index contributed by atoms with van der Waals surface area (Å²) in [5.41, 5.74) is 4.13. The highest BCUT2D eigenvalue weighted by atomic mass is 79.9. The average Bonchev–Trinajstić information content (AvgIpc) is 2.75. The number of rotatable bonds is 7. The molecule has 9 heteroatoms. The van der Waals surface area contributed by atoms with E-state index in [9.17, 15) is 14.4 Å². The molecule has 0 bridgehead atoms. The second kappa shape index (κ2) is 10.5. The number of anilines is 3. The summed E-state index contributed by atoms with van der Waals surface area (Å²) in [6.07, 6.45) is 0.760. The van der Waals surface area contributed by atoms with E-state index >= 15 is 0 Å². The van der Waals surface area contributed by atoms with E-state index in [1.54, 1.807) is 54.7 Å². The molecule has 0 unspecified atom stereocenters. The molecule has 0 saturated carbocycles. The topological polar surface area (TPSA) is 120 Å². The minimum absolute atomic E-state index is 0.0914. The van der Waals surface area contributed by atoms with Crippen LogP contribution < -0.4 is 16.0 Å². The number of para-hydroxylation sites is 2. The molecule has 0 radical (unpaired) electrons. The molecule has 0 fully saturated rings. The van der Waals surface area contributed by atoms with Crippen LogP contribution in [-0.4, -0.2) is 33.3 Å². The van der Waals surface area contributed by atoms with Crippen molar-refractivity contribution in [2.75, 3.05) is 21.3 Å². The largest absolute Gasteiger partial charge is 0.465 e. The first kappa shape index (κ1) is 23.0. The van der Waals surface area contributed by atoms with E-state index in [4.69, 9.17) is 5.11 Å². The Morgan fingerprint density at radius 1 is 0.969 bits per heavy atom. The van der Waals surface area contributed by atoms with E-state index in [1.807, 2.05) is 13.0 Å². The summed E-state index contributed by atoms with van der Waals surface area (Å²) < 4.78 is 0. The van der Waals surface area contributed by atoms with Gasteiger partial charge in [-0.15, -0.1) is 0 Å². The van der Waals surface area contributed by atoms with Gasteiger partial charge in [0, 0.05) is 22.9 Å². The van der Waals surface area contributed by atoms with Crippen molar-refractivity contribution < 1.29 is 19.5 Å². The van der Waals surface area contributed by atoms with Crippen LogP contribution in [0.2, 0.25) is 0 Å². The summed E-state index contributed by atoms with van der Waals surface area (Å²) in [4.78, 5) is 39.7. The number of aryl methyl sites for hydroxylation is 1. The average molecular weight is 497 g/mol. The third kappa shape index (κ3) is 5.92. The van der Waals surface area contributed by atoms with Gasteiger partial charge in [-0.25, -0.2) is 4.79 Å². The SMILES string of the molecule is Cc1cc(NC(=O)CCBr)cnc1-c1ccc(C(=O)Nc2ccccc2NC(=O)O)cc1. The maximum absolute atomic E-state index is 12.6. The first-order valence-electron chi connectivity index (χ1n) is 9.70. The zero-order valence-corrected chi connectivity index (χ0v) is 18.8. The fourth-order valence-electron chi connectivity index (χ4n) is 3.04. The lowest BCUT2D eigenvalue weighted by molar-refractivity contribution is -0.115. The fraction of sp³-hybridized carbons (Fsp3) is 0.130. The highest BCUT2D eigenvalue weighted by Gasteiger charge is 2.12. The molecule has 0 atom stereocenters. The summed E-state index contributed by atoms with van der Waals surface area (Å²) in [6.45, 7) is 1.90. The number of nitrogens with zero attached hydrogens (tertiary/aromatic N) is 1. The van der Waals surface area contributed by atoms with Crippen LogP contribution in [0, 0.1) is 6.92 Å². The van der Waals surface area contributed by atoms with E-state index in [2.05, 4.69) is 36.9 Å². The number of carbonyl (C=O) groups excluding carboxylic acids is 2. The molecule has 3 rings (SSSR count). The van der Waals surface area contributed by atoms with E-state index in [1.165, 1.54) is 0 Å². The molecule has 1 heterocycles. The highest BCUT2D eigenvalue weighted by molar-refractivity contribution is 9.09. The molecular formula is C23H21BrN4O4. The summed E-state index contributed by atoms with van der Waals surface area (Å²) in [5.74, 6) is -0.461. The monoisotopic (exact) mass is 496 g/mol. The van der Waals surface area contributed by atoms with Crippen molar-refractivity contribution in [3.05, 3.63) is 71.9 Å². The first-order chi connectivity index (χ1) is 15.4. The smallest absolute Gasteiger partial charge is 0.409 e. The second-order valence-corrected chi connectivity index (χ2v) is 7.68. The number of carbonyl (C=O) groups is 3. The molecule has 164 valence electrons. The summed E-state index contributed by atoms with van der Waals surface area (Å²) in [5, 5.41) is 17.3. The van der Waals surface area contributed by atoms with E-state index in [0.29, 0.717) is 28.7 Å². The summed E-state index contributed by atoms with van der Waals surface area (Å²) in [7, 11) is 0. The molecule has 0 aliphatic carbocycles. The van der Waals surface area contributed by atoms with Crippen molar-refractivity contribution in [3.8, 4) is 11.3 Å². The van der Waals surface area contributed by atoms with Crippen LogP contribution in [0.3, 0.4) is 0 Å². The number of carboxylic acid groups (broad SMARTS) is 1. The molecule has 0 aliphatic rings. The number of halogens is 1. The van der Waals surface area contributed by atoms with E-state index in [-0.39, 0.29) is 17.5 Å². The van der Waals surface area contributed by atoms with Crippen molar-refractivity contribution in [2.24, 2.45) is 0 Å². The maximum Gasteiger partial charge on any atom is 0.409 e. The van der Waals surface area contributed by atoms with Crippen LogP contribution in [0.25, 0.3) is 11.3 Å². The third-order valence-electron chi connectivity index (χ3n) is 4.52. The molecule has 2 aromatic carbocycles. The quantitative estimate of drug-likeness (QED) is 0.338. The van der Waals surface area contributed by atoms with Crippen molar-refractivity contribution in [2.45, 2.75) is 13.3 Å². The normalized spacial score (nSPS) is 10.3. The number of nitrogens with one attached hydrogen (secondary N) is 3. The van der Waals surface area contributed by atoms with Crippen molar-refractivity contribution in [3.63, 3.8) is 0 Å². The first-order valence-corrected chi connectivity index (χ1v) is 10.8. The predicted molar refractivity (Wildman–Crippen MR) is 127 cm³/mol. The predicted octanol–water partition coefficient (Wildman–Crippen LogP) is 5.12. The molecular weight excluding hydrogens is 476 g/mol. The van der Waals surface area contributed by atoms with Gasteiger partial charge in [-0.3, -0.25) is 19.9 Å². The van der Waals surface area contributed by atoms with Crippen LogP contribution in [0.5, 0.6) is 0 Å². The summed E-state index contributed by atoms with van der Waals surface area (Å²) >= 11 is 3.24. The molecule has 4 N–H and O–H groups in total. The van der Waals surface area contributed by atoms with Gasteiger partial charge < -0.3 is 15.7 Å². The standard InChI is InChI=1S/C23H21BrN4O4/c1-14-12-17(26-20(29)10-11-24)13-25-21(14)15-6-8-16(9-7-15)22(30)27-18-4-2-3-5-19(18)28-23(31)32/h2-9,12-13,28H,10-11H2,1H3,(H,26,29)(H,27,30)(H,31,32). The van der Waals surface area contributed by atoms with Crippen molar-refractivity contribution in [1.82, 2.24) is 4.98 Å². The lowest BCUT2D eigenvalue weighted by atomic mass is 10.0. The van der Waals surface area contributed by atoms with Crippen LogP contribution >= 0.6 is 15.9 Å². The zero-order valence-electron chi connectivity index (χ0n) is 17.2. The van der Waals surface area contributed by atoms with Gasteiger partial charge in [-0.1, -0.05) is 40.2 Å². The van der Waals surface area contributed by atoms with Gasteiger partial charge in [0.1, 0.15) is 0 Å². The number of amides is 3. The molecule has 0 saturated heterocycles. The molecule has 8 nitrogen and oxygen atoms in total. The highest BCUT2D eigenvalue weighted by Crippen LogP contribution is 2.25. The number of aromatic nitrogens is 1. The Bertz CT molecular complexity index is 1150. The molecule has 0 aliphatic heterocycles. The van der Waals surface area contributed by atoms with Crippen LogP contribution in [0.1, 0.15) is 22.3 Å². The van der Waals surface area contributed by atoms with Gasteiger partial charge in [0.15, 0.2) is 0 Å². The molecule has 0 spiro atoms. The Balaban J connectivity index is 1.73.